The number of hydrogen-bond donors (Lipinski definition) is 2. The lowest BCUT2D eigenvalue weighted by Crippen LogP contribution is -2.43. The second-order valence-electron chi connectivity index (χ2n) is 4.55. The Kier molecular flexibility index (Phi) is 3.88. The van der Waals surface area contributed by atoms with Gasteiger partial charge in [0, 0.05) is 11.2 Å². The Balaban J connectivity index is 2.55. The van der Waals surface area contributed by atoms with Crippen LogP contribution >= 0.6 is 0 Å². The molecular weight excluding hydrogens is 202 g/mol. The number of carbonyl (C=O) groups is 1. The van der Waals surface area contributed by atoms with Gasteiger partial charge in [0.15, 0.2) is 0 Å². The molecule has 0 radical (unpaired) electrons. The van der Waals surface area contributed by atoms with E-state index in [2.05, 4.69) is 10.3 Å². The highest BCUT2D eigenvalue weighted by Gasteiger charge is 2.17. The zero-order valence-corrected chi connectivity index (χ0v) is 10.1. The largest absolute Gasteiger partial charge is 0.397 e. The second-order valence-corrected chi connectivity index (χ2v) is 4.55. The van der Waals surface area contributed by atoms with Gasteiger partial charge in [-0.1, -0.05) is 6.92 Å². The topological polar surface area (TPSA) is 68.0 Å². The summed E-state index contributed by atoms with van der Waals surface area (Å²) in [6.07, 6.45) is 2.76. The van der Waals surface area contributed by atoms with Gasteiger partial charge in [-0.3, -0.25) is 9.78 Å². The van der Waals surface area contributed by atoms with E-state index in [1.807, 2.05) is 20.8 Å². The van der Waals surface area contributed by atoms with Crippen LogP contribution in [-0.2, 0) is 11.2 Å². The first-order chi connectivity index (χ1) is 7.43. The fraction of sp³-hybridized carbons (Fsp3) is 0.500. The summed E-state index contributed by atoms with van der Waals surface area (Å²) in [7, 11) is 0. The number of anilines is 1. The van der Waals surface area contributed by atoms with E-state index >= 15 is 0 Å². The molecule has 0 fully saturated rings. The Hall–Kier alpha value is -1.58. The molecule has 0 aliphatic rings. The minimum atomic E-state index is -0.162. The fourth-order valence-electron chi connectivity index (χ4n) is 1.22. The molecular formula is C12H19N3O. The van der Waals surface area contributed by atoms with Gasteiger partial charge in [0.05, 0.1) is 18.3 Å². The summed E-state index contributed by atoms with van der Waals surface area (Å²) < 4.78 is 0. The molecule has 0 atom stereocenters. The van der Waals surface area contributed by atoms with Crippen molar-refractivity contribution in [3.8, 4) is 0 Å². The molecule has 1 aromatic rings. The molecule has 1 heterocycles. The minimum Gasteiger partial charge on any atom is -0.397 e. The maximum absolute atomic E-state index is 11.7. The molecule has 4 heteroatoms. The highest BCUT2D eigenvalue weighted by Crippen LogP contribution is 2.08. The number of nitrogen functional groups attached to an aromatic ring is 1. The van der Waals surface area contributed by atoms with Crippen LogP contribution < -0.4 is 11.1 Å². The van der Waals surface area contributed by atoms with E-state index < -0.39 is 0 Å². The number of pyridine rings is 1. The van der Waals surface area contributed by atoms with E-state index in [0.29, 0.717) is 12.1 Å². The fourth-order valence-corrected chi connectivity index (χ4v) is 1.22. The van der Waals surface area contributed by atoms with Gasteiger partial charge in [-0.05, 0) is 32.4 Å². The van der Waals surface area contributed by atoms with Crippen LogP contribution in [0.15, 0.2) is 18.3 Å². The zero-order chi connectivity index (χ0) is 12.2. The average Bonchev–Trinajstić information content (AvgIpc) is 2.21. The summed E-state index contributed by atoms with van der Waals surface area (Å²) in [6, 6.07) is 3.52. The molecule has 3 N–H and O–H groups in total. The summed E-state index contributed by atoms with van der Waals surface area (Å²) in [5, 5.41) is 2.96. The van der Waals surface area contributed by atoms with Crippen molar-refractivity contribution in [2.75, 3.05) is 5.73 Å². The van der Waals surface area contributed by atoms with E-state index in [4.69, 9.17) is 5.73 Å². The molecule has 88 valence electrons. The molecule has 0 saturated heterocycles. The molecule has 0 bridgehead atoms. The number of rotatable bonds is 4. The average molecular weight is 221 g/mol. The Morgan fingerprint density at radius 3 is 2.69 bits per heavy atom. The predicted octanol–water partition coefficient (Wildman–Crippen LogP) is 1.51. The van der Waals surface area contributed by atoms with Gasteiger partial charge in [0.25, 0.3) is 0 Å². The summed E-state index contributed by atoms with van der Waals surface area (Å²) in [6.45, 7) is 6.05. The van der Waals surface area contributed by atoms with Crippen LogP contribution in [0.2, 0.25) is 0 Å². The predicted molar refractivity (Wildman–Crippen MR) is 64.9 cm³/mol. The highest BCUT2D eigenvalue weighted by atomic mass is 16.1. The van der Waals surface area contributed by atoms with Gasteiger partial charge in [-0.15, -0.1) is 0 Å². The zero-order valence-electron chi connectivity index (χ0n) is 10.1. The lowest BCUT2D eigenvalue weighted by molar-refractivity contribution is -0.122. The summed E-state index contributed by atoms with van der Waals surface area (Å²) in [4.78, 5) is 15.8. The van der Waals surface area contributed by atoms with Gasteiger partial charge in [-0.25, -0.2) is 0 Å². The first kappa shape index (κ1) is 12.5. The number of amides is 1. The maximum atomic E-state index is 11.7. The number of nitrogens with two attached hydrogens (primary N) is 1. The van der Waals surface area contributed by atoms with Gasteiger partial charge in [-0.2, -0.15) is 0 Å². The van der Waals surface area contributed by atoms with E-state index in [1.54, 1.807) is 18.3 Å². The second kappa shape index (κ2) is 4.96. The number of nitrogens with one attached hydrogen (secondary N) is 1. The molecule has 4 nitrogen and oxygen atoms in total. The van der Waals surface area contributed by atoms with Crippen LogP contribution in [-0.4, -0.2) is 16.4 Å². The molecule has 0 spiro atoms. The van der Waals surface area contributed by atoms with Crippen LogP contribution in [0, 0.1) is 0 Å². The van der Waals surface area contributed by atoms with E-state index in [1.165, 1.54) is 0 Å². The van der Waals surface area contributed by atoms with Crippen molar-refractivity contribution in [2.24, 2.45) is 0 Å². The van der Waals surface area contributed by atoms with Gasteiger partial charge in [0.1, 0.15) is 0 Å². The maximum Gasteiger partial charge on any atom is 0.226 e. The number of aromatic nitrogens is 1. The summed E-state index contributed by atoms with van der Waals surface area (Å²) >= 11 is 0. The summed E-state index contributed by atoms with van der Waals surface area (Å²) in [5.74, 6) is -0.0101. The first-order valence-electron chi connectivity index (χ1n) is 5.44. The summed E-state index contributed by atoms with van der Waals surface area (Å²) in [5.41, 5.74) is 6.70. The monoisotopic (exact) mass is 221 g/mol. The van der Waals surface area contributed by atoms with Gasteiger partial charge < -0.3 is 11.1 Å². The molecule has 0 unspecified atom stereocenters. The van der Waals surface area contributed by atoms with Crippen molar-refractivity contribution >= 4 is 11.6 Å². The van der Waals surface area contributed by atoms with Crippen LogP contribution in [0.5, 0.6) is 0 Å². The molecule has 0 saturated carbocycles. The quantitative estimate of drug-likeness (QED) is 0.809. The van der Waals surface area contributed by atoms with E-state index in [-0.39, 0.29) is 11.4 Å². The van der Waals surface area contributed by atoms with Crippen LogP contribution in [0.25, 0.3) is 0 Å². The van der Waals surface area contributed by atoms with Crippen molar-refractivity contribution in [2.45, 2.75) is 39.2 Å². The lowest BCUT2D eigenvalue weighted by Gasteiger charge is -2.24. The third-order valence-electron chi connectivity index (χ3n) is 2.55. The molecule has 0 aromatic carbocycles. The van der Waals surface area contributed by atoms with Crippen molar-refractivity contribution in [1.82, 2.24) is 10.3 Å². The van der Waals surface area contributed by atoms with Crippen LogP contribution in [0.1, 0.15) is 32.9 Å². The van der Waals surface area contributed by atoms with E-state index in [0.717, 1.165) is 12.1 Å². The Bertz CT molecular complexity index is 357. The number of carbonyl (C=O) groups excluding carboxylic acids is 1. The molecule has 0 aliphatic heterocycles. The number of nitrogens with zero attached hydrogens (tertiary/aromatic N) is 1. The van der Waals surface area contributed by atoms with Gasteiger partial charge in [0.2, 0.25) is 5.91 Å². The Morgan fingerprint density at radius 2 is 2.19 bits per heavy atom. The van der Waals surface area contributed by atoms with Crippen molar-refractivity contribution in [1.29, 1.82) is 0 Å². The van der Waals surface area contributed by atoms with E-state index in [9.17, 15) is 4.79 Å². The van der Waals surface area contributed by atoms with Crippen molar-refractivity contribution in [3.63, 3.8) is 0 Å². The third kappa shape index (κ3) is 3.88. The smallest absolute Gasteiger partial charge is 0.226 e. The van der Waals surface area contributed by atoms with Gasteiger partial charge >= 0.3 is 0 Å². The van der Waals surface area contributed by atoms with Crippen molar-refractivity contribution < 1.29 is 4.79 Å². The van der Waals surface area contributed by atoms with Crippen LogP contribution in [0.3, 0.4) is 0 Å². The first-order valence-corrected chi connectivity index (χ1v) is 5.44. The Morgan fingerprint density at radius 1 is 1.50 bits per heavy atom. The molecule has 16 heavy (non-hydrogen) atoms. The molecule has 1 aromatic heterocycles. The molecule has 1 amide bonds. The standard InChI is InChI=1S/C12H19N3O/c1-4-12(2,3)15-11(16)7-10-6-5-9(13)8-14-10/h5-6,8H,4,7,13H2,1-3H3,(H,15,16). The highest BCUT2D eigenvalue weighted by molar-refractivity contribution is 5.78. The third-order valence-corrected chi connectivity index (χ3v) is 2.55. The number of hydrogen-bond acceptors (Lipinski definition) is 3. The lowest BCUT2D eigenvalue weighted by atomic mass is 10.0. The molecule has 0 aliphatic carbocycles. The molecule has 1 rings (SSSR count). The van der Waals surface area contributed by atoms with Crippen LogP contribution in [0.4, 0.5) is 5.69 Å². The minimum absolute atomic E-state index is 0.0101. The Labute approximate surface area is 96.3 Å². The van der Waals surface area contributed by atoms with Crippen molar-refractivity contribution in [3.05, 3.63) is 24.0 Å². The normalized spacial score (nSPS) is 11.2. The SMILES string of the molecule is CCC(C)(C)NC(=O)Cc1ccc(N)cn1.